The van der Waals surface area contributed by atoms with E-state index in [4.69, 9.17) is 9.47 Å². The van der Waals surface area contributed by atoms with Crippen molar-refractivity contribution < 1.29 is 23.9 Å². The van der Waals surface area contributed by atoms with Crippen molar-refractivity contribution in [2.75, 3.05) is 0 Å². The number of hydrazine groups is 1. The van der Waals surface area contributed by atoms with E-state index in [1.807, 2.05) is 18.2 Å². The SMILES string of the molecule is CC(C)(C)OC(=O)NN(C(=O)OC(C)(C)C)[C@@H]1CCCC[C@H]1CC(=O)c1ccccc1. The van der Waals surface area contributed by atoms with Crippen LogP contribution in [0.1, 0.15) is 84.0 Å². The Balaban J connectivity index is 2.23. The second-order valence-corrected chi connectivity index (χ2v) is 10.1. The lowest BCUT2D eigenvalue weighted by molar-refractivity contribution is -0.0227. The number of benzene rings is 1. The Morgan fingerprint density at radius 3 is 2.10 bits per heavy atom. The predicted molar refractivity (Wildman–Crippen MR) is 119 cm³/mol. The van der Waals surface area contributed by atoms with Crippen molar-refractivity contribution in [2.24, 2.45) is 5.92 Å². The average Bonchev–Trinajstić information content (AvgIpc) is 2.64. The lowest BCUT2D eigenvalue weighted by Gasteiger charge is -2.40. The second kappa shape index (κ2) is 10.2. The summed E-state index contributed by atoms with van der Waals surface area (Å²) in [4.78, 5) is 38.3. The van der Waals surface area contributed by atoms with Gasteiger partial charge in [0, 0.05) is 12.0 Å². The van der Waals surface area contributed by atoms with Gasteiger partial charge in [-0.25, -0.2) is 20.0 Å². The average molecular weight is 433 g/mol. The summed E-state index contributed by atoms with van der Waals surface area (Å²) in [6.45, 7) is 10.6. The van der Waals surface area contributed by atoms with Gasteiger partial charge in [0.15, 0.2) is 5.78 Å². The summed E-state index contributed by atoms with van der Waals surface area (Å²) in [5.41, 5.74) is 1.81. The Kier molecular flexibility index (Phi) is 8.09. The van der Waals surface area contributed by atoms with Crippen molar-refractivity contribution in [3.8, 4) is 0 Å². The van der Waals surface area contributed by atoms with E-state index in [0.717, 1.165) is 19.3 Å². The number of Topliss-reactive ketones (excluding diaryl/α,β-unsaturated/α-hetero) is 1. The number of nitrogens with one attached hydrogen (secondary N) is 1. The molecule has 0 heterocycles. The number of hydrogen-bond acceptors (Lipinski definition) is 5. The van der Waals surface area contributed by atoms with Crippen molar-refractivity contribution in [2.45, 2.75) is 90.9 Å². The molecule has 31 heavy (non-hydrogen) atoms. The molecule has 0 aliphatic heterocycles. The molecule has 2 amide bonds. The lowest BCUT2D eigenvalue weighted by atomic mass is 9.80. The zero-order valence-corrected chi connectivity index (χ0v) is 19.6. The van der Waals surface area contributed by atoms with Crippen LogP contribution in [0.2, 0.25) is 0 Å². The minimum absolute atomic E-state index is 0.0268. The first kappa shape index (κ1) is 24.7. The molecule has 172 valence electrons. The van der Waals surface area contributed by atoms with Crippen LogP contribution < -0.4 is 5.43 Å². The molecule has 7 heteroatoms. The first-order valence-corrected chi connectivity index (χ1v) is 11.0. The Labute approximate surface area is 185 Å². The molecule has 1 aromatic carbocycles. The highest BCUT2D eigenvalue weighted by atomic mass is 16.6. The monoisotopic (exact) mass is 432 g/mol. The quantitative estimate of drug-likeness (QED) is 0.502. The largest absolute Gasteiger partial charge is 0.443 e. The third-order valence-corrected chi connectivity index (χ3v) is 4.94. The van der Waals surface area contributed by atoms with E-state index < -0.39 is 23.4 Å². The molecule has 1 saturated carbocycles. The lowest BCUT2D eigenvalue weighted by Crippen LogP contribution is -2.57. The molecular weight excluding hydrogens is 396 g/mol. The van der Waals surface area contributed by atoms with Crippen LogP contribution in [0.4, 0.5) is 9.59 Å². The van der Waals surface area contributed by atoms with Gasteiger partial charge >= 0.3 is 12.2 Å². The summed E-state index contributed by atoms with van der Waals surface area (Å²) in [5.74, 6) is -0.0668. The minimum Gasteiger partial charge on any atom is -0.443 e. The number of amides is 2. The van der Waals surface area contributed by atoms with Crippen molar-refractivity contribution >= 4 is 18.0 Å². The van der Waals surface area contributed by atoms with Crippen LogP contribution in [0.25, 0.3) is 0 Å². The van der Waals surface area contributed by atoms with Crippen LogP contribution in [0, 0.1) is 5.92 Å². The fourth-order valence-corrected chi connectivity index (χ4v) is 3.72. The van der Waals surface area contributed by atoms with Crippen LogP contribution in [0.3, 0.4) is 0 Å². The zero-order chi connectivity index (χ0) is 23.2. The summed E-state index contributed by atoms with van der Waals surface area (Å²) >= 11 is 0. The molecule has 0 aromatic heterocycles. The maximum Gasteiger partial charge on any atom is 0.429 e. The van der Waals surface area contributed by atoms with Gasteiger partial charge in [-0.2, -0.15) is 0 Å². The highest BCUT2D eigenvalue weighted by molar-refractivity contribution is 5.96. The second-order valence-electron chi connectivity index (χ2n) is 10.1. The smallest absolute Gasteiger partial charge is 0.429 e. The molecule has 0 spiro atoms. The van der Waals surface area contributed by atoms with Crippen molar-refractivity contribution in [1.82, 2.24) is 10.4 Å². The van der Waals surface area contributed by atoms with E-state index in [2.05, 4.69) is 5.43 Å². The van der Waals surface area contributed by atoms with E-state index in [-0.39, 0.29) is 17.7 Å². The summed E-state index contributed by atoms with van der Waals surface area (Å²) in [6, 6.07) is 8.78. The highest BCUT2D eigenvalue weighted by Crippen LogP contribution is 2.32. The number of carbonyl (C=O) groups excluding carboxylic acids is 3. The molecule has 1 N–H and O–H groups in total. The van der Waals surface area contributed by atoms with Gasteiger partial charge in [-0.3, -0.25) is 4.79 Å². The van der Waals surface area contributed by atoms with Crippen LogP contribution in [-0.2, 0) is 9.47 Å². The molecule has 1 aliphatic carbocycles. The Bertz CT molecular complexity index is 764. The maximum atomic E-state index is 13.0. The maximum absolute atomic E-state index is 13.0. The van der Waals surface area contributed by atoms with E-state index in [9.17, 15) is 14.4 Å². The van der Waals surface area contributed by atoms with Crippen LogP contribution in [0.15, 0.2) is 30.3 Å². The normalized spacial score (nSPS) is 19.3. The number of nitrogens with zero attached hydrogens (tertiary/aromatic N) is 1. The van der Waals surface area contributed by atoms with Gasteiger partial charge in [-0.05, 0) is 60.3 Å². The van der Waals surface area contributed by atoms with Crippen molar-refractivity contribution in [1.29, 1.82) is 0 Å². The first-order chi connectivity index (χ1) is 14.4. The van der Waals surface area contributed by atoms with Crippen molar-refractivity contribution in [3.63, 3.8) is 0 Å². The molecule has 2 rings (SSSR count). The number of rotatable bonds is 4. The molecule has 7 nitrogen and oxygen atoms in total. The van der Waals surface area contributed by atoms with E-state index >= 15 is 0 Å². The Morgan fingerprint density at radius 1 is 0.935 bits per heavy atom. The van der Waals surface area contributed by atoms with E-state index in [0.29, 0.717) is 18.4 Å². The third kappa shape index (κ3) is 8.23. The summed E-state index contributed by atoms with van der Waals surface area (Å²) in [7, 11) is 0. The number of hydrogen-bond donors (Lipinski definition) is 1. The van der Waals surface area contributed by atoms with E-state index in [1.54, 1.807) is 53.7 Å². The molecule has 1 aromatic rings. The Morgan fingerprint density at radius 2 is 1.52 bits per heavy atom. The molecular formula is C24H36N2O5. The summed E-state index contributed by atoms with van der Waals surface area (Å²) < 4.78 is 10.9. The van der Waals surface area contributed by atoms with Crippen molar-refractivity contribution in [3.05, 3.63) is 35.9 Å². The van der Waals surface area contributed by atoms with E-state index in [1.165, 1.54) is 5.01 Å². The van der Waals surface area contributed by atoms with Crippen LogP contribution in [-0.4, -0.2) is 40.2 Å². The molecule has 0 bridgehead atoms. The number of ether oxygens (including phenoxy) is 2. The van der Waals surface area contributed by atoms with Gasteiger partial charge in [0.05, 0.1) is 6.04 Å². The first-order valence-electron chi connectivity index (χ1n) is 11.0. The van der Waals surface area contributed by atoms with Gasteiger partial charge in [-0.1, -0.05) is 43.2 Å². The fraction of sp³-hybridized carbons (Fsp3) is 0.625. The summed E-state index contributed by atoms with van der Waals surface area (Å²) in [5, 5.41) is 1.24. The molecule has 1 aliphatic rings. The van der Waals surface area contributed by atoms with Crippen LogP contribution in [0.5, 0.6) is 0 Å². The highest BCUT2D eigenvalue weighted by Gasteiger charge is 2.38. The fourth-order valence-electron chi connectivity index (χ4n) is 3.72. The van der Waals surface area contributed by atoms with Gasteiger partial charge in [-0.15, -0.1) is 0 Å². The number of carbonyl (C=O) groups is 3. The minimum atomic E-state index is -0.727. The predicted octanol–water partition coefficient (Wildman–Crippen LogP) is 5.50. The molecule has 2 atom stereocenters. The topological polar surface area (TPSA) is 84.9 Å². The van der Waals surface area contributed by atoms with Crippen LogP contribution >= 0.6 is 0 Å². The Hall–Kier alpha value is -2.57. The standard InChI is InChI=1S/C24H36N2O5/c1-23(2,3)30-21(28)25-26(22(29)31-24(4,5)6)19-15-11-10-14-18(19)16-20(27)17-12-8-7-9-13-17/h7-9,12-13,18-19H,10-11,14-16H2,1-6H3,(H,25,28)/t18-,19+/m0/s1. The van der Waals surface area contributed by atoms with Gasteiger partial charge in [0.2, 0.25) is 0 Å². The number of ketones is 1. The molecule has 0 radical (unpaired) electrons. The third-order valence-electron chi connectivity index (χ3n) is 4.94. The molecule has 0 saturated heterocycles. The molecule has 0 unspecified atom stereocenters. The van der Waals surface area contributed by atoms with Gasteiger partial charge in [0.1, 0.15) is 11.2 Å². The summed E-state index contributed by atoms with van der Waals surface area (Å²) in [6.07, 6.45) is 2.25. The van der Waals surface area contributed by atoms with Gasteiger partial charge in [0.25, 0.3) is 0 Å². The molecule has 1 fully saturated rings. The zero-order valence-electron chi connectivity index (χ0n) is 19.6. The van der Waals surface area contributed by atoms with Gasteiger partial charge < -0.3 is 9.47 Å².